The molecule has 1 N–H and O–H groups in total. The summed E-state index contributed by atoms with van der Waals surface area (Å²) >= 11 is 0. The first kappa shape index (κ1) is 18.8. The molecule has 148 valence electrons. The molecular formula is C21H21N5O3. The Bertz CT molecular complexity index is 996. The Labute approximate surface area is 167 Å². The zero-order valence-electron chi connectivity index (χ0n) is 15.9. The number of carbonyl (C=O) groups is 2. The van der Waals surface area contributed by atoms with E-state index < -0.39 is 0 Å². The summed E-state index contributed by atoms with van der Waals surface area (Å²) in [5, 5.41) is 6.72. The van der Waals surface area contributed by atoms with Gasteiger partial charge in [-0.15, -0.1) is 0 Å². The fourth-order valence-electron chi connectivity index (χ4n) is 3.23. The monoisotopic (exact) mass is 391 g/mol. The van der Waals surface area contributed by atoms with Crippen molar-refractivity contribution in [2.75, 3.05) is 18.4 Å². The van der Waals surface area contributed by atoms with E-state index >= 15 is 0 Å². The molecular weight excluding hydrogens is 370 g/mol. The van der Waals surface area contributed by atoms with Gasteiger partial charge in [0.2, 0.25) is 17.6 Å². The van der Waals surface area contributed by atoms with Crippen LogP contribution in [0.4, 0.5) is 5.69 Å². The Balaban J connectivity index is 1.33. The normalized spacial score (nSPS) is 13.4. The van der Waals surface area contributed by atoms with E-state index in [1.807, 2.05) is 17.0 Å². The van der Waals surface area contributed by atoms with Crippen LogP contribution in [0.15, 0.2) is 53.2 Å². The third kappa shape index (κ3) is 4.66. The van der Waals surface area contributed by atoms with Gasteiger partial charge in [-0.2, -0.15) is 4.98 Å². The van der Waals surface area contributed by atoms with Gasteiger partial charge >= 0.3 is 0 Å². The van der Waals surface area contributed by atoms with Gasteiger partial charge in [-0.1, -0.05) is 17.3 Å². The molecule has 29 heavy (non-hydrogen) atoms. The van der Waals surface area contributed by atoms with Gasteiger partial charge in [0.05, 0.1) is 0 Å². The maximum atomic E-state index is 12.5. The third-order valence-electron chi connectivity index (χ3n) is 4.71. The average Bonchev–Trinajstić information content (AvgIpc) is 3.45. The van der Waals surface area contributed by atoms with Crippen LogP contribution in [0.25, 0.3) is 11.5 Å². The Morgan fingerprint density at radius 2 is 1.97 bits per heavy atom. The second-order valence-corrected chi connectivity index (χ2v) is 6.85. The quantitative estimate of drug-likeness (QED) is 0.693. The number of likely N-dealkylation sites (tertiary alicyclic amines) is 1. The average molecular weight is 391 g/mol. The number of carbonyl (C=O) groups excluding carboxylic acids is 2. The molecule has 1 saturated heterocycles. The summed E-state index contributed by atoms with van der Waals surface area (Å²) in [6, 6.07) is 12.5. The molecule has 1 fully saturated rings. The van der Waals surface area contributed by atoms with E-state index in [1.165, 1.54) is 0 Å². The third-order valence-corrected chi connectivity index (χ3v) is 4.71. The summed E-state index contributed by atoms with van der Waals surface area (Å²) in [5.74, 6) is 0.591. The van der Waals surface area contributed by atoms with Gasteiger partial charge < -0.3 is 14.7 Å². The fraction of sp³-hybridized carbons (Fsp3) is 0.286. The van der Waals surface area contributed by atoms with Crippen molar-refractivity contribution in [3.8, 4) is 11.5 Å². The van der Waals surface area contributed by atoms with Crippen molar-refractivity contribution in [3.63, 3.8) is 0 Å². The van der Waals surface area contributed by atoms with Crippen LogP contribution in [0.2, 0.25) is 0 Å². The van der Waals surface area contributed by atoms with Crippen molar-refractivity contribution in [1.29, 1.82) is 0 Å². The van der Waals surface area contributed by atoms with Crippen molar-refractivity contribution in [2.45, 2.75) is 25.7 Å². The zero-order valence-corrected chi connectivity index (χ0v) is 15.9. The van der Waals surface area contributed by atoms with E-state index in [0.717, 1.165) is 25.9 Å². The summed E-state index contributed by atoms with van der Waals surface area (Å²) in [6.45, 7) is 1.58. The van der Waals surface area contributed by atoms with Crippen molar-refractivity contribution in [3.05, 3.63) is 60.1 Å². The molecule has 0 unspecified atom stereocenters. The van der Waals surface area contributed by atoms with E-state index in [0.29, 0.717) is 35.1 Å². The number of nitrogens with zero attached hydrogens (tertiary/aromatic N) is 4. The lowest BCUT2D eigenvalue weighted by Gasteiger charge is -2.15. The summed E-state index contributed by atoms with van der Waals surface area (Å²) in [5.41, 5.74) is 1.80. The van der Waals surface area contributed by atoms with Gasteiger partial charge in [-0.05, 0) is 43.2 Å². The molecule has 4 rings (SSSR count). The van der Waals surface area contributed by atoms with E-state index in [1.54, 1.807) is 36.5 Å². The highest BCUT2D eigenvalue weighted by Crippen LogP contribution is 2.17. The molecule has 3 aromatic rings. The molecule has 8 heteroatoms. The molecule has 1 aromatic carbocycles. The van der Waals surface area contributed by atoms with Crippen molar-refractivity contribution >= 4 is 17.5 Å². The van der Waals surface area contributed by atoms with Crippen LogP contribution >= 0.6 is 0 Å². The molecule has 8 nitrogen and oxygen atoms in total. The maximum Gasteiger partial charge on any atom is 0.253 e. The first-order valence-corrected chi connectivity index (χ1v) is 9.62. The Morgan fingerprint density at radius 3 is 2.76 bits per heavy atom. The molecule has 1 aliphatic heterocycles. The fourth-order valence-corrected chi connectivity index (χ4v) is 3.23. The SMILES string of the molecule is O=C(CCc1nc(-c2ccccn2)no1)Nc1cccc(C(=O)N2CCCC2)c1. The Kier molecular flexibility index (Phi) is 5.60. The predicted octanol–water partition coefficient (Wildman–Crippen LogP) is 2.94. The molecule has 0 aliphatic carbocycles. The number of amides is 2. The van der Waals surface area contributed by atoms with Gasteiger partial charge in [0.25, 0.3) is 5.91 Å². The molecule has 0 bridgehead atoms. The maximum absolute atomic E-state index is 12.5. The largest absolute Gasteiger partial charge is 0.339 e. The van der Waals surface area contributed by atoms with E-state index in [2.05, 4.69) is 20.4 Å². The van der Waals surface area contributed by atoms with Crippen LogP contribution in [0.3, 0.4) is 0 Å². The lowest BCUT2D eigenvalue weighted by molar-refractivity contribution is -0.116. The second kappa shape index (κ2) is 8.64. The number of hydrogen-bond acceptors (Lipinski definition) is 6. The Hall–Kier alpha value is -3.55. The van der Waals surface area contributed by atoms with Crippen LogP contribution in [0.5, 0.6) is 0 Å². The number of rotatable bonds is 6. The highest BCUT2D eigenvalue weighted by Gasteiger charge is 2.19. The number of benzene rings is 1. The molecule has 0 saturated carbocycles. The van der Waals surface area contributed by atoms with Crippen LogP contribution in [0.1, 0.15) is 35.5 Å². The molecule has 0 radical (unpaired) electrons. The highest BCUT2D eigenvalue weighted by molar-refractivity contribution is 5.97. The molecule has 2 amide bonds. The predicted molar refractivity (Wildman–Crippen MR) is 106 cm³/mol. The summed E-state index contributed by atoms with van der Waals surface area (Å²) in [4.78, 5) is 35.1. The number of nitrogens with one attached hydrogen (secondary N) is 1. The lowest BCUT2D eigenvalue weighted by Crippen LogP contribution is -2.27. The number of aryl methyl sites for hydroxylation is 1. The van der Waals surface area contributed by atoms with Crippen molar-refractivity contribution in [2.24, 2.45) is 0 Å². The van der Waals surface area contributed by atoms with Crippen molar-refractivity contribution < 1.29 is 14.1 Å². The topological polar surface area (TPSA) is 101 Å². The van der Waals surface area contributed by atoms with Gasteiger partial charge in [-0.3, -0.25) is 14.6 Å². The minimum absolute atomic E-state index is 0.00603. The van der Waals surface area contributed by atoms with Gasteiger partial charge in [0.15, 0.2) is 0 Å². The zero-order chi connectivity index (χ0) is 20.1. The molecule has 1 aliphatic rings. The van der Waals surface area contributed by atoms with Gasteiger partial charge in [-0.25, -0.2) is 0 Å². The number of anilines is 1. The molecule has 0 atom stereocenters. The minimum atomic E-state index is -0.187. The number of aromatic nitrogens is 3. The van der Waals surface area contributed by atoms with E-state index in [4.69, 9.17) is 4.52 Å². The number of pyridine rings is 1. The van der Waals surface area contributed by atoms with Crippen LogP contribution in [-0.4, -0.2) is 44.9 Å². The molecule has 2 aromatic heterocycles. The summed E-state index contributed by atoms with van der Waals surface area (Å²) in [6.07, 6.45) is 4.24. The molecule has 0 spiro atoms. The van der Waals surface area contributed by atoms with E-state index in [9.17, 15) is 9.59 Å². The summed E-state index contributed by atoms with van der Waals surface area (Å²) < 4.78 is 5.20. The number of hydrogen-bond donors (Lipinski definition) is 1. The lowest BCUT2D eigenvalue weighted by atomic mass is 10.1. The first-order valence-electron chi connectivity index (χ1n) is 9.62. The Morgan fingerprint density at radius 1 is 1.10 bits per heavy atom. The van der Waals surface area contributed by atoms with Crippen LogP contribution in [0, 0.1) is 0 Å². The second-order valence-electron chi connectivity index (χ2n) is 6.85. The molecule has 3 heterocycles. The van der Waals surface area contributed by atoms with Gasteiger partial charge in [0.1, 0.15) is 5.69 Å². The van der Waals surface area contributed by atoms with Crippen LogP contribution < -0.4 is 5.32 Å². The first-order chi connectivity index (χ1) is 14.2. The van der Waals surface area contributed by atoms with Crippen LogP contribution in [-0.2, 0) is 11.2 Å². The van der Waals surface area contributed by atoms with Crippen molar-refractivity contribution in [1.82, 2.24) is 20.0 Å². The van der Waals surface area contributed by atoms with Gasteiger partial charge in [0, 0.05) is 43.4 Å². The van der Waals surface area contributed by atoms with E-state index in [-0.39, 0.29) is 18.2 Å². The minimum Gasteiger partial charge on any atom is -0.339 e. The highest BCUT2D eigenvalue weighted by atomic mass is 16.5. The standard InChI is InChI=1S/C21H21N5O3/c27-18(9-10-19-24-20(25-29-19)17-8-1-2-11-22-17)23-16-7-5-6-15(14-16)21(28)26-12-3-4-13-26/h1-2,5-8,11,14H,3-4,9-10,12-13H2,(H,23,27). The summed E-state index contributed by atoms with van der Waals surface area (Å²) in [7, 11) is 0. The smallest absolute Gasteiger partial charge is 0.253 e.